The van der Waals surface area contributed by atoms with Gasteiger partial charge >= 0.3 is 0 Å². The Hall–Kier alpha value is -2.37. The van der Waals surface area contributed by atoms with E-state index in [1.54, 1.807) is 11.9 Å². The molecule has 0 fully saturated rings. The number of ether oxygens (including phenoxy) is 1. The van der Waals surface area contributed by atoms with Crippen molar-refractivity contribution in [2.24, 2.45) is 0 Å². The van der Waals surface area contributed by atoms with Crippen molar-refractivity contribution in [3.05, 3.63) is 64.7 Å². The summed E-state index contributed by atoms with van der Waals surface area (Å²) in [5, 5.41) is 9.12. The molecule has 156 valence electrons. The minimum absolute atomic E-state index is 0.0441. The second-order valence-corrected chi connectivity index (χ2v) is 7.92. The van der Waals surface area contributed by atoms with E-state index in [-0.39, 0.29) is 12.5 Å². The molecular weight excluding hydrogens is 364 g/mol. The Morgan fingerprint density at radius 3 is 2.79 bits per heavy atom. The quantitative estimate of drug-likeness (QED) is 0.865. The predicted molar refractivity (Wildman–Crippen MR) is 115 cm³/mol. The third-order valence-corrected chi connectivity index (χ3v) is 5.37. The zero-order chi connectivity index (χ0) is 20.6. The van der Waals surface area contributed by atoms with Crippen LogP contribution in [0.15, 0.2) is 42.5 Å². The van der Waals surface area contributed by atoms with Gasteiger partial charge in [-0.25, -0.2) is 0 Å². The number of hydrogen-bond acceptors (Lipinski definition) is 4. The lowest BCUT2D eigenvalue weighted by Crippen LogP contribution is -2.29. The van der Waals surface area contributed by atoms with Crippen molar-refractivity contribution in [3.63, 3.8) is 0 Å². The van der Waals surface area contributed by atoms with Crippen molar-refractivity contribution in [2.75, 3.05) is 40.4 Å². The van der Waals surface area contributed by atoms with Gasteiger partial charge in [-0.2, -0.15) is 0 Å². The topological polar surface area (TPSA) is 53.0 Å². The molecule has 3 rings (SSSR count). The summed E-state index contributed by atoms with van der Waals surface area (Å²) in [5.74, 6) is 0.766. The van der Waals surface area contributed by atoms with Crippen LogP contribution in [0, 0.1) is 0 Å². The van der Waals surface area contributed by atoms with Gasteiger partial charge in [-0.15, -0.1) is 0 Å². The van der Waals surface area contributed by atoms with Gasteiger partial charge in [-0.1, -0.05) is 24.3 Å². The number of fused-ring (bicyclic) bond motifs is 3. The molecule has 2 aromatic carbocycles. The molecule has 0 aliphatic carbocycles. The molecule has 0 saturated heterocycles. The van der Waals surface area contributed by atoms with E-state index < -0.39 is 0 Å². The van der Waals surface area contributed by atoms with Crippen molar-refractivity contribution in [2.45, 2.75) is 32.2 Å². The number of amides is 1. The van der Waals surface area contributed by atoms with E-state index in [1.165, 1.54) is 11.1 Å². The summed E-state index contributed by atoms with van der Waals surface area (Å²) in [7, 11) is 3.88. The molecule has 29 heavy (non-hydrogen) atoms. The number of carbonyl (C=O) groups excluding carboxylic acids is 1. The van der Waals surface area contributed by atoms with Gasteiger partial charge in [0.15, 0.2) is 0 Å². The molecule has 0 saturated carbocycles. The maximum atomic E-state index is 12.7. The number of rotatable bonds is 3. The molecule has 1 aliphatic rings. The molecule has 0 atom stereocenters. The number of aliphatic hydroxyl groups excluding tert-OH is 1. The summed E-state index contributed by atoms with van der Waals surface area (Å²) < 4.78 is 6.10. The zero-order valence-electron chi connectivity index (χ0n) is 17.6. The molecular formula is C24H32N2O3. The van der Waals surface area contributed by atoms with Gasteiger partial charge in [-0.3, -0.25) is 4.79 Å². The number of carbonyl (C=O) groups is 1. The van der Waals surface area contributed by atoms with Crippen LogP contribution >= 0.6 is 0 Å². The molecule has 0 spiro atoms. The van der Waals surface area contributed by atoms with E-state index in [1.807, 2.05) is 18.2 Å². The van der Waals surface area contributed by atoms with Gasteiger partial charge in [0.25, 0.3) is 5.91 Å². The van der Waals surface area contributed by atoms with Gasteiger partial charge in [0, 0.05) is 32.1 Å². The third kappa shape index (κ3) is 6.05. The summed E-state index contributed by atoms with van der Waals surface area (Å²) in [6.45, 7) is 3.00. The molecule has 0 radical (unpaired) electrons. The van der Waals surface area contributed by atoms with Crippen LogP contribution < -0.4 is 4.74 Å². The van der Waals surface area contributed by atoms with Crippen molar-refractivity contribution < 1.29 is 14.6 Å². The highest BCUT2D eigenvalue weighted by Crippen LogP contribution is 2.25. The van der Waals surface area contributed by atoms with Gasteiger partial charge in [-0.05, 0) is 67.7 Å². The third-order valence-electron chi connectivity index (χ3n) is 5.37. The molecule has 1 N–H and O–H groups in total. The Kier molecular flexibility index (Phi) is 7.67. The highest BCUT2D eigenvalue weighted by Gasteiger charge is 2.15. The monoisotopic (exact) mass is 396 g/mol. The molecule has 1 heterocycles. The number of likely N-dealkylation sites (N-methyl/N-ethyl adjacent to an activating group) is 1. The molecule has 1 aliphatic heterocycles. The average molecular weight is 397 g/mol. The molecule has 0 unspecified atom stereocenters. The standard InChI is InChI=1S/C24H32N2O3/c1-25-11-4-3-5-14-29-23-10-9-21(24(28)26(2)12-13-27)17-22(23)16-19-7-6-8-20(15-19)18-25/h6-10,15,17,27H,3-5,11-14,16,18H2,1-2H3. The second-order valence-electron chi connectivity index (χ2n) is 7.92. The molecule has 5 nitrogen and oxygen atoms in total. The van der Waals surface area contributed by atoms with Gasteiger partial charge in [0.2, 0.25) is 0 Å². The average Bonchev–Trinajstić information content (AvgIpc) is 2.70. The van der Waals surface area contributed by atoms with Crippen LogP contribution in [0.4, 0.5) is 0 Å². The Morgan fingerprint density at radius 2 is 1.97 bits per heavy atom. The SMILES string of the molecule is CN1CCCCCOc2ccc(C(=O)N(C)CCO)cc2Cc2cccc(c2)C1. The minimum atomic E-state index is -0.0865. The Morgan fingerprint density at radius 1 is 1.14 bits per heavy atom. The Bertz CT molecular complexity index is 822. The summed E-state index contributed by atoms with van der Waals surface area (Å²) in [6, 6.07) is 14.3. The lowest BCUT2D eigenvalue weighted by atomic mass is 9.99. The predicted octanol–water partition coefficient (Wildman–Crippen LogP) is 3.34. The van der Waals surface area contributed by atoms with E-state index in [2.05, 4.69) is 36.2 Å². The first-order valence-corrected chi connectivity index (χ1v) is 10.4. The molecule has 2 bridgehead atoms. The molecule has 2 aromatic rings. The zero-order valence-corrected chi connectivity index (χ0v) is 17.6. The van der Waals surface area contributed by atoms with Crippen LogP contribution in [0.25, 0.3) is 0 Å². The van der Waals surface area contributed by atoms with Crippen molar-refractivity contribution >= 4 is 5.91 Å². The number of hydrogen-bond donors (Lipinski definition) is 1. The largest absolute Gasteiger partial charge is 0.493 e. The van der Waals surface area contributed by atoms with Gasteiger partial charge < -0.3 is 19.6 Å². The maximum Gasteiger partial charge on any atom is 0.253 e. The summed E-state index contributed by atoms with van der Waals surface area (Å²) in [6.07, 6.45) is 4.05. The number of nitrogens with zero attached hydrogens (tertiary/aromatic N) is 2. The van der Waals surface area contributed by atoms with Crippen LogP contribution in [0.1, 0.15) is 46.3 Å². The van der Waals surface area contributed by atoms with Crippen LogP contribution in [0.3, 0.4) is 0 Å². The lowest BCUT2D eigenvalue weighted by Gasteiger charge is -2.20. The summed E-state index contributed by atoms with van der Waals surface area (Å²) in [5.41, 5.74) is 4.17. The fourth-order valence-electron chi connectivity index (χ4n) is 3.75. The highest BCUT2D eigenvalue weighted by atomic mass is 16.5. The van der Waals surface area contributed by atoms with Gasteiger partial charge in [0.05, 0.1) is 13.2 Å². The Labute approximate surface area is 173 Å². The normalized spacial score (nSPS) is 15.7. The molecule has 1 amide bonds. The molecule has 0 aromatic heterocycles. The first-order chi connectivity index (χ1) is 14.1. The summed E-state index contributed by atoms with van der Waals surface area (Å²) in [4.78, 5) is 16.6. The summed E-state index contributed by atoms with van der Waals surface area (Å²) >= 11 is 0. The van der Waals surface area contributed by atoms with Crippen LogP contribution in [0.2, 0.25) is 0 Å². The first-order valence-electron chi connectivity index (χ1n) is 10.4. The van der Waals surface area contributed by atoms with E-state index in [9.17, 15) is 4.79 Å². The van der Waals surface area contributed by atoms with E-state index in [4.69, 9.17) is 9.84 Å². The second kappa shape index (κ2) is 10.4. The molecule has 5 heteroatoms. The van der Waals surface area contributed by atoms with Gasteiger partial charge in [0.1, 0.15) is 5.75 Å². The van der Waals surface area contributed by atoms with E-state index >= 15 is 0 Å². The fourth-order valence-corrected chi connectivity index (χ4v) is 3.75. The number of benzene rings is 2. The lowest BCUT2D eigenvalue weighted by molar-refractivity contribution is 0.0767. The van der Waals surface area contributed by atoms with Crippen LogP contribution in [-0.4, -0.2) is 61.2 Å². The van der Waals surface area contributed by atoms with Crippen LogP contribution in [-0.2, 0) is 13.0 Å². The first kappa shape index (κ1) is 21.3. The fraction of sp³-hybridized carbons (Fsp3) is 0.458. The maximum absolute atomic E-state index is 12.7. The van der Waals surface area contributed by atoms with Crippen molar-refractivity contribution in [3.8, 4) is 5.75 Å². The highest BCUT2D eigenvalue weighted by molar-refractivity contribution is 5.94. The number of aliphatic hydroxyl groups is 1. The minimum Gasteiger partial charge on any atom is -0.493 e. The van der Waals surface area contributed by atoms with E-state index in [0.717, 1.165) is 50.1 Å². The van der Waals surface area contributed by atoms with Crippen molar-refractivity contribution in [1.82, 2.24) is 9.80 Å². The smallest absolute Gasteiger partial charge is 0.253 e. The Balaban J connectivity index is 1.91. The van der Waals surface area contributed by atoms with Crippen molar-refractivity contribution in [1.29, 1.82) is 0 Å². The van der Waals surface area contributed by atoms with E-state index in [0.29, 0.717) is 18.7 Å². The van der Waals surface area contributed by atoms with Crippen LogP contribution in [0.5, 0.6) is 5.75 Å².